The molecule has 0 aliphatic rings. The number of aryl methyl sites for hydroxylation is 2. The van der Waals surface area contributed by atoms with Crippen LogP contribution in [0.25, 0.3) is 0 Å². The molecule has 11 nitrogen and oxygen atoms in total. The van der Waals surface area contributed by atoms with Gasteiger partial charge in [0.2, 0.25) is 20.0 Å². The third kappa shape index (κ3) is 8.71. The van der Waals surface area contributed by atoms with E-state index in [1.54, 1.807) is 66.7 Å². The van der Waals surface area contributed by atoms with E-state index in [-0.39, 0.29) is 35.2 Å². The van der Waals surface area contributed by atoms with Gasteiger partial charge in [0.25, 0.3) is 5.91 Å². The number of benzene rings is 3. The van der Waals surface area contributed by atoms with Crippen molar-refractivity contribution in [3.05, 3.63) is 143 Å². The van der Waals surface area contributed by atoms with Crippen LogP contribution < -0.4 is 5.43 Å². The minimum atomic E-state index is -4.03. The number of amides is 1. The Morgan fingerprint density at radius 2 is 1.32 bits per heavy atom. The number of nitrogens with zero attached hydrogens (tertiary/aromatic N) is 3. The van der Waals surface area contributed by atoms with Gasteiger partial charge < -0.3 is 8.83 Å². The number of carbonyl (C=O) groups is 1. The van der Waals surface area contributed by atoms with Gasteiger partial charge >= 0.3 is 0 Å². The number of rotatable bonds is 14. The summed E-state index contributed by atoms with van der Waals surface area (Å²) < 4.78 is 67.4. The summed E-state index contributed by atoms with van der Waals surface area (Å²) in [7, 11) is -7.91. The number of sulfonamides is 2. The van der Waals surface area contributed by atoms with Crippen molar-refractivity contribution in [2.24, 2.45) is 5.10 Å². The summed E-state index contributed by atoms with van der Waals surface area (Å²) >= 11 is 0. The maximum absolute atomic E-state index is 13.7. The molecular formula is C34H34N4O7S2. The fraction of sp³-hybridized carbons (Fsp3) is 0.176. The van der Waals surface area contributed by atoms with Crippen molar-refractivity contribution in [1.82, 2.24) is 14.0 Å². The third-order valence-electron chi connectivity index (χ3n) is 7.15. The van der Waals surface area contributed by atoms with Crippen LogP contribution in [0.5, 0.6) is 0 Å². The largest absolute Gasteiger partial charge is 0.468 e. The van der Waals surface area contributed by atoms with Crippen molar-refractivity contribution < 1.29 is 30.5 Å². The third-order valence-corrected chi connectivity index (χ3v) is 10.8. The summed E-state index contributed by atoms with van der Waals surface area (Å²) in [6.45, 7) is 3.23. The molecule has 0 unspecified atom stereocenters. The second-order valence-corrected chi connectivity index (χ2v) is 14.7. The highest BCUT2D eigenvalue weighted by Crippen LogP contribution is 2.23. The molecule has 0 radical (unpaired) electrons. The molecule has 0 aliphatic carbocycles. The Hall–Kier alpha value is -4.82. The van der Waals surface area contributed by atoms with E-state index < -0.39 is 32.5 Å². The zero-order valence-corrected chi connectivity index (χ0v) is 27.4. The SMILES string of the molecule is Cc1ccc(CN(Cc2ccc(/C=N\NC(=O)CN(Cc3ccco3)S(=O)(=O)c3ccccc3)o2)S(=O)(=O)c2ccc(C)cc2)cc1. The lowest BCUT2D eigenvalue weighted by Crippen LogP contribution is -2.38. The van der Waals surface area contributed by atoms with Gasteiger partial charge in [0.15, 0.2) is 0 Å². The van der Waals surface area contributed by atoms with E-state index in [0.29, 0.717) is 11.5 Å². The van der Waals surface area contributed by atoms with Gasteiger partial charge in [0.05, 0.1) is 41.9 Å². The van der Waals surface area contributed by atoms with Crippen molar-refractivity contribution in [2.45, 2.75) is 43.3 Å². The number of furan rings is 2. The van der Waals surface area contributed by atoms with Crippen LogP contribution in [-0.2, 0) is 44.5 Å². The lowest BCUT2D eigenvalue weighted by atomic mass is 10.1. The highest BCUT2D eigenvalue weighted by Gasteiger charge is 2.28. The Kier molecular flexibility index (Phi) is 10.5. The van der Waals surface area contributed by atoms with Gasteiger partial charge in [0, 0.05) is 6.54 Å². The first kappa shape index (κ1) is 33.5. The van der Waals surface area contributed by atoms with Crippen LogP contribution in [-0.4, -0.2) is 44.1 Å². The van der Waals surface area contributed by atoms with Crippen molar-refractivity contribution in [1.29, 1.82) is 0 Å². The van der Waals surface area contributed by atoms with Gasteiger partial charge in [-0.05, 0) is 67.9 Å². The van der Waals surface area contributed by atoms with E-state index in [4.69, 9.17) is 8.83 Å². The molecule has 0 saturated heterocycles. The van der Waals surface area contributed by atoms with Crippen molar-refractivity contribution in [3.63, 3.8) is 0 Å². The van der Waals surface area contributed by atoms with Gasteiger partial charge in [0.1, 0.15) is 17.3 Å². The van der Waals surface area contributed by atoms with E-state index >= 15 is 0 Å². The Morgan fingerprint density at radius 3 is 1.98 bits per heavy atom. The first-order valence-corrected chi connectivity index (χ1v) is 17.5. The molecule has 5 rings (SSSR count). The topological polar surface area (TPSA) is 142 Å². The number of hydrogen-bond acceptors (Lipinski definition) is 8. The summed E-state index contributed by atoms with van der Waals surface area (Å²) in [5.41, 5.74) is 5.15. The van der Waals surface area contributed by atoms with E-state index in [1.807, 2.05) is 38.1 Å². The molecule has 0 saturated carbocycles. The Bertz CT molecular complexity index is 2020. The fourth-order valence-corrected chi connectivity index (χ4v) is 7.39. The van der Waals surface area contributed by atoms with Gasteiger partial charge in [-0.2, -0.15) is 13.7 Å². The van der Waals surface area contributed by atoms with Crippen LogP contribution in [0.1, 0.15) is 34.0 Å². The standard InChI is InChI=1S/C34H34N4O7S2/c1-26-10-14-28(15-11-26)22-37(47(42,43)33-18-12-27(2)13-19-33)24-31-17-16-29(45-31)21-35-36-34(39)25-38(23-30-7-6-20-44-30)46(40,41)32-8-4-3-5-9-32/h3-21H,22-25H2,1-2H3,(H,36,39)/b35-21-. The van der Waals surface area contributed by atoms with Crippen LogP contribution in [0.4, 0.5) is 0 Å². The van der Waals surface area contributed by atoms with Gasteiger partial charge in [-0.3, -0.25) is 4.79 Å². The first-order chi connectivity index (χ1) is 22.5. The molecule has 1 amide bonds. The second kappa shape index (κ2) is 14.7. The predicted octanol–water partition coefficient (Wildman–Crippen LogP) is 5.22. The molecule has 0 atom stereocenters. The first-order valence-electron chi connectivity index (χ1n) is 14.6. The molecule has 13 heteroatoms. The Morgan fingerprint density at radius 1 is 0.702 bits per heavy atom. The van der Waals surface area contributed by atoms with Crippen molar-refractivity contribution in [2.75, 3.05) is 6.54 Å². The van der Waals surface area contributed by atoms with E-state index in [1.165, 1.54) is 28.9 Å². The molecule has 0 bridgehead atoms. The molecule has 0 aliphatic heterocycles. The summed E-state index contributed by atoms with van der Waals surface area (Å²) in [5.74, 6) is 0.295. The average molecular weight is 675 g/mol. The maximum atomic E-state index is 13.7. The molecule has 47 heavy (non-hydrogen) atoms. The lowest BCUT2D eigenvalue weighted by Gasteiger charge is -2.21. The van der Waals surface area contributed by atoms with Crippen LogP contribution in [0.2, 0.25) is 0 Å². The number of hydrazone groups is 1. The number of nitrogens with one attached hydrogen (secondary N) is 1. The monoisotopic (exact) mass is 674 g/mol. The van der Waals surface area contributed by atoms with E-state index in [0.717, 1.165) is 21.0 Å². The van der Waals surface area contributed by atoms with E-state index in [9.17, 15) is 21.6 Å². The molecular weight excluding hydrogens is 641 g/mol. The van der Waals surface area contributed by atoms with Gasteiger partial charge in [-0.25, -0.2) is 22.3 Å². The molecule has 1 N–H and O–H groups in total. The minimum Gasteiger partial charge on any atom is -0.468 e. The molecule has 0 fully saturated rings. The number of hydrogen-bond donors (Lipinski definition) is 1. The molecule has 5 aromatic rings. The highest BCUT2D eigenvalue weighted by atomic mass is 32.2. The summed E-state index contributed by atoms with van der Waals surface area (Å²) in [4.78, 5) is 13.0. The lowest BCUT2D eigenvalue weighted by molar-refractivity contribution is -0.121. The highest BCUT2D eigenvalue weighted by molar-refractivity contribution is 7.89. The van der Waals surface area contributed by atoms with Gasteiger partial charge in [-0.15, -0.1) is 0 Å². The normalized spacial score (nSPS) is 12.3. The van der Waals surface area contributed by atoms with Crippen LogP contribution in [0, 0.1) is 13.8 Å². The molecule has 244 valence electrons. The molecule has 2 aromatic heterocycles. The smallest absolute Gasteiger partial charge is 0.255 e. The predicted molar refractivity (Wildman–Crippen MR) is 176 cm³/mol. The molecule has 2 heterocycles. The van der Waals surface area contributed by atoms with Gasteiger partial charge in [-0.1, -0.05) is 65.7 Å². The summed E-state index contributed by atoms with van der Waals surface area (Å²) in [6.07, 6.45) is 2.67. The Labute approximate surface area is 274 Å². The Balaban J connectivity index is 1.27. The zero-order chi connectivity index (χ0) is 33.4. The minimum absolute atomic E-state index is 0.0341. The second-order valence-electron chi connectivity index (χ2n) is 10.8. The average Bonchev–Trinajstić information content (AvgIpc) is 3.74. The van der Waals surface area contributed by atoms with Crippen LogP contribution in [0.15, 0.2) is 133 Å². The van der Waals surface area contributed by atoms with E-state index in [2.05, 4.69) is 10.5 Å². The molecule has 0 spiro atoms. The van der Waals surface area contributed by atoms with Crippen LogP contribution in [0.3, 0.4) is 0 Å². The fourth-order valence-electron chi connectivity index (χ4n) is 4.61. The summed E-state index contributed by atoms with van der Waals surface area (Å²) in [5, 5.41) is 3.92. The van der Waals surface area contributed by atoms with Crippen molar-refractivity contribution in [3.8, 4) is 0 Å². The molecule has 3 aromatic carbocycles. The van der Waals surface area contributed by atoms with Crippen LogP contribution >= 0.6 is 0 Å². The summed E-state index contributed by atoms with van der Waals surface area (Å²) in [6, 6.07) is 28.5. The number of carbonyl (C=O) groups excluding carboxylic acids is 1. The zero-order valence-electron chi connectivity index (χ0n) is 25.8. The quantitative estimate of drug-likeness (QED) is 0.126. The van der Waals surface area contributed by atoms with Crippen molar-refractivity contribution >= 4 is 32.2 Å². The maximum Gasteiger partial charge on any atom is 0.255 e.